The van der Waals surface area contributed by atoms with Crippen molar-refractivity contribution in [1.29, 1.82) is 0 Å². The molecule has 1 aliphatic rings. The molecule has 0 aliphatic carbocycles. The van der Waals surface area contributed by atoms with Gasteiger partial charge in [-0.1, -0.05) is 6.07 Å². The van der Waals surface area contributed by atoms with Gasteiger partial charge in [0.15, 0.2) is 0 Å². The standard InChI is InChI=1S/C12H13BrN2O/c13-8-4-3-5-9-11(8)15-12(14-9)10-6-1-2-7-16-10/h3-5,10H,1-2,6-7H2,(H,14,15). The molecule has 0 saturated carbocycles. The monoisotopic (exact) mass is 280 g/mol. The number of rotatable bonds is 1. The van der Waals surface area contributed by atoms with Crippen molar-refractivity contribution in [2.24, 2.45) is 0 Å². The summed E-state index contributed by atoms with van der Waals surface area (Å²) < 4.78 is 6.76. The molecule has 16 heavy (non-hydrogen) atoms. The number of H-pyrrole nitrogens is 1. The normalized spacial score (nSPS) is 21.4. The van der Waals surface area contributed by atoms with Gasteiger partial charge in [0.25, 0.3) is 0 Å². The third-order valence-electron chi connectivity index (χ3n) is 2.97. The van der Waals surface area contributed by atoms with Gasteiger partial charge in [-0.25, -0.2) is 4.98 Å². The maximum atomic E-state index is 5.72. The molecule has 1 N–H and O–H groups in total. The van der Waals surface area contributed by atoms with Crippen LogP contribution in [0.5, 0.6) is 0 Å². The minimum absolute atomic E-state index is 0.146. The SMILES string of the molecule is Brc1cccc2[nH]c(C3CCCCO3)nc12. The lowest BCUT2D eigenvalue weighted by Gasteiger charge is -2.20. The fourth-order valence-corrected chi connectivity index (χ4v) is 2.58. The molecule has 3 rings (SSSR count). The van der Waals surface area contributed by atoms with Crippen LogP contribution in [0.1, 0.15) is 31.2 Å². The lowest BCUT2D eigenvalue weighted by Crippen LogP contribution is -2.12. The third-order valence-corrected chi connectivity index (χ3v) is 3.61. The summed E-state index contributed by atoms with van der Waals surface area (Å²) in [5.41, 5.74) is 2.06. The Morgan fingerprint density at radius 1 is 1.38 bits per heavy atom. The van der Waals surface area contributed by atoms with Crippen LogP contribution >= 0.6 is 15.9 Å². The Morgan fingerprint density at radius 3 is 3.06 bits per heavy atom. The number of aromatic nitrogens is 2. The number of ether oxygens (including phenoxy) is 1. The van der Waals surface area contributed by atoms with E-state index in [-0.39, 0.29) is 6.10 Å². The molecule has 1 unspecified atom stereocenters. The Morgan fingerprint density at radius 2 is 2.31 bits per heavy atom. The van der Waals surface area contributed by atoms with Gasteiger partial charge in [0.05, 0.1) is 5.52 Å². The van der Waals surface area contributed by atoms with E-state index in [0.717, 1.165) is 34.4 Å². The summed E-state index contributed by atoms with van der Waals surface area (Å²) in [7, 11) is 0. The number of halogens is 1. The van der Waals surface area contributed by atoms with Gasteiger partial charge in [-0.2, -0.15) is 0 Å². The van der Waals surface area contributed by atoms with E-state index in [2.05, 4.69) is 25.9 Å². The molecule has 1 aliphatic heterocycles. The topological polar surface area (TPSA) is 37.9 Å². The molecule has 1 fully saturated rings. The van der Waals surface area contributed by atoms with Crippen molar-refractivity contribution >= 4 is 27.0 Å². The molecule has 0 radical (unpaired) electrons. The second-order valence-corrected chi connectivity index (χ2v) is 4.97. The predicted molar refractivity (Wildman–Crippen MR) is 66.3 cm³/mol. The minimum atomic E-state index is 0.146. The van der Waals surface area contributed by atoms with Crippen LogP contribution in [0.3, 0.4) is 0 Å². The van der Waals surface area contributed by atoms with Crippen LogP contribution in [0, 0.1) is 0 Å². The Balaban J connectivity index is 2.01. The highest BCUT2D eigenvalue weighted by atomic mass is 79.9. The van der Waals surface area contributed by atoms with E-state index in [9.17, 15) is 0 Å². The second-order valence-electron chi connectivity index (χ2n) is 4.11. The highest BCUT2D eigenvalue weighted by molar-refractivity contribution is 9.10. The van der Waals surface area contributed by atoms with Gasteiger partial charge < -0.3 is 9.72 Å². The smallest absolute Gasteiger partial charge is 0.136 e. The van der Waals surface area contributed by atoms with Crippen molar-refractivity contribution in [3.63, 3.8) is 0 Å². The Bertz CT molecular complexity index is 503. The van der Waals surface area contributed by atoms with Gasteiger partial charge in [-0.3, -0.25) is 0 Å². The first-order valence-electron chi connectivity index (χ1n) is 5.60. The molecule has 1 atom stereocenters. The largest absolute Gasteiger partial charge is 0.370 e. The van der Waals surface area contributed by atoms with Crippen LogP contribution in [-0.2, 0) is 4.74 Å². The maximum absolute atomic E-state index is 5.72. The molecule has 0 amide bonds. The number of hydrogen-bond donors (Lipinski definition) is 1. The number of nitrogens with zero attached hydrogens (tertiary/aromatic N) is 1. The molecular weight excluding hydrogens is 268 g/mol. The lowest BCUT2D eigenvalue weighted by atomic mass is 10.1. The third kappa shape index (κ3) is 1.76. The van der Waals surface area contributed by atoms with Gasteiger partial charge in [-0.15, -0.1) is 0 Å². The summed E-state index contributed by atoms with van der Waals surface area (Å²) >= 11 is 3.51. The zero-order chi connectivity index (χ0) is 11.0. The quantitative estimate of drug-likeness (QED) is 0.867. The van der Waals surface area contributed by atoms with Gasteiger partial charge in [0, 0.05) is 11.1 Å². The molecule has 0 bridgehead atoms. The van der Waals surface area contributed by atoms with Crippen molar-refractivity contribution in [2.45, 2.75) is 25.4 Å². The molecule has 2 heterocycles. The van der Waals surface area contributed by atoms with Crippen LogP contribution in [0.25, 0.3) is 11.0 Å². The number of benzene rings is 1. The number of fused-ring (bicyclic) bond motifs is 1. The number of nitrogens with one attached hydrogen (secondary N) is 1. The van der Waals surface area contributed by atoms with E-state index in [1.54, 1.807) is 0 Å². The molecule has 84 valence electrons. The zero-order valence-corrected chi connectivity index (χ0v) is 10.5. The van der Waals surface area contributed by atoms with Gasteiger partial charge >= 0.3 is 0 Å². The Kier molecular flexibility index (Phi) is 2.69. The lowest BCUT2D eigenvalue weighted by molar-refractivity contribution is 0.0101. The maximum Gasteiger partial charge on any atom is 0.136 e. The first-order chi connectivity index (χ1) is 7.84. The molecule has 1 aromatic carbocycles. The summed E-state index contributed by atoms with van der Waals surface area (Å²) in [5.74, 6) is 0.960. The van der Waals surface area contributed by atoms with E-state index in [1.807, 2.05) is 18.2 Å². The van der Waals surface area contributed by atoms with Crippen LogP contribution < -0.4 is 0 Å². The van der Waals surface area contributed by atoms with Crippen molar-refractivity contribution < 1.29 is 4.74 Å². The molecule has 1 saturated heterocycles. The van der Waals surface area contributed by atoms with Crippen LogP contribution in [0.4, 0.5) is 0 Å². The van der Waals surface area contributed by atoms with Gasteiger partial charge in [0.1, 0.15) is 17.4 Å². The van der Waals surface area contributed by atoms with Crippen LogP contribution in [0.15, 0.2) is 22.7 Å². The molecule has 3 nitrogen and oxygen atoms in total. The first kappa shape index (κ1) is 10.3. The second kappa shape index (κ2) is 4.18. The number of hydrogen-bond acceptors (Lipinski definition) is 2. The first-order valence-corrected chi connectivity index (χ1v) is 6.39. The van der Waals surface area contributed by atoms with E-state index in [1.165, 1.54) is 12.8 Å². The van der Waals surface area contributed by atoms with Gasteiger partial charge in [0.2, 0.25) is 0 Å². The summed E-state index contributed by atoms with van der Waals surface area (Å²) in [6, 6.07) is 6.06. The summed E-state index contributed by atoms with van der Waals surface area (Å²) in [6.07, 6.45) is 3.61. The van der Waals surface area contributed by atoms with Crippen LogP contribution in [0.2, 0.25) is 0 Å². The highest BCUT2D eigenvalue weighted by Gasteiger charge is 2.19. The highest BCUT2D eigenvalue weighted by Crippen LogP contribution is 2.29. The minimum Gasteiger partial charge on any atom is -0.370 e. The van der Waals surface area contributed by atoms with Gasteiger partial charge in [-0.05, 0) is 47.3 Å². The Labute approximate surface area is 102 Å². The molecule has 0 spiro atoms. The molecule has 1 aromatic heterocycles. The van der Waals surface area contributed by atoms with Crippen LogP contribution in [-0.4, -0.2) is 16.6 Å². The average Bonchev–Trinajstić information content (AvgIpc) is 2.76. The fraction of sp³-hybridized carbons (Fsp3) is 0.417. The predicted octanol–water partition coefficient (Wildman–Crippen LogP) is 3.57. The van der Waals surface area contributed by atoms with E-state index >= 15 is 0 Å². The number of imidazole rings is 1. The molecule has 4 heteroatoms. The summed E-state index contributed by atoms with van der Waals surface area (Å²) in [4.78, 5) is 7.95. The van der Waals surface area contributed by atoms with Crippen molar-refractivity contribution in [2.75, 3.05) is 6.61 Å². The van der Waals surface area contributed by atoms with Crippen molar-refractivity contribution in [3.05, 3.63) is 28.5 Å². The average molecular weight is 281 g/mol. The fourth-order valence-electron chi connectivity index (χ4n) is 2.13. The number of para-hydroxylation sites is 1. The Hall–Kier alpha value is -0.870. The van der Waals surface area contributed by atoms with E-state index in [0.29, 0.717) is 0 Å². The van der Waals surface area contributed by atoms with E-state index in [4.69, 9.17) is 4.74 Å². The number of aromatic amines is 1. The van der Waals surface area contributed by atoms with E-state index < -0.39 is 0 Å². The molecule has 2 aromatic rings. The van der Waals surface area contributed by atoms with Crippen molar-refractivity contribution in [3.8, 4) is 0 Å². The molecular formula is C12H13BrN2O. The van der Waals surface area contributed by atoms with Crippen molar-refractivity contribution in [1.82, 2.24) is 9.97 Å². The summed E-state index contributed by atoms with van der Waals surface area (Å²) in [6.45, 7) is 0.850. The summed E-state index contributed by atoms with van der Waals surface area (Å²) in [5, 5.41) is 0. The zero-order valence-electron chi connectivity index (χ0n) is 8.87.